The highest BCUT2D eigenvalue weighted by molar-refractivity contribution is 6.30. The summed E-state index contributed by atoms with van der Waals surface area (Å²) in [5.74, 6) is 0.444. The van der Waals surface area contributed by atoms with E-state index in [2.05, 4.69) is 25.7 Å². The molecule has 1 aromatic heterocycles. The van der Waals surface area contributed by atoms with Gasteiger partial charge in [-0.15, -0.1) is 10.2 Å². The molecule has 1 saturated heterocycles. The Hall–Kier alpha value is -2.34. The van der Waals surface area contributed by atoms with Gasteiger partial charge in [0.1, 0.15) is 5.82 Å². The Morgan fingerprint density at radius 2 is 2.00 bits per heavy atom. The number of benzene rings is 1. The highest BCUT2D eigenvalue weighted by atomic mass is 35.5. The van der Waals surface area contributed by atoms with Crippen molar-refractivity contribution in [3.8, 4) is 0 Å². The van der Waals surface area contributed by atoms with Crippen LogP contribution >= 0.6 is 11.6 Å². The van der Waals surface area contributed by atoms with Crippen molar-refractivity contribution in [2.75, 3.05) is 30.4 Å². The molecule has 120 valence electrons. The van der Waals surface area contributed by atoms with Crippen molar-refractivity contribution in [1.29, 1.82) is 0 Å². The molecule has 23 heavy (non-hydrogen) atoms. The van der Waals surface area contributed by atoms with Gasteiger partial charge in [0.05, 0.1) is 0 Å². The third-order valence-electron chi connectivity index (χ3n) is 3.86. The Kier molecular flexibility index (Phi) is 4.62. The summed E-state index contributed by atoms with van der Waals surface area (Å²) in [7, 11) is 1.57. The summed E-state index contributed by atoms with van der Waals surface area (Å²) in [6, 6.07) is 11.6. The van der Waals surface area contributed by atoms with Crippen LogP contribution < -0.4 is 15.5 Å². The molecule has 1 aliphatic rings. The minimum Gasteiger partial charge on any atom is -0.369 e. The maximum Gasteiger partial charge on any atom is 0.271 e. The van der Waals surface area contributed by atoms with E-state index in [0.717, 1.165) is 24.5 Å². The van der Waals surface area contributed by atoms with Gasteiger partial charge >= 0.3 is 0 Å². The number of anilines is 2. The van der Waals surface area contributed by atoms with Gasteiger partial charge in [0.2, 0.25) is 0 Å². The number of aromatic nitrogens is 2. The molecule has 0 radical (unpaired) electrons. The highest BCUT2D eigenvalue weighted by Crippen LogP contribution is 2.23. The molecule has 1 aliphatic heterocycles. The Balaban J connectivity index is 1.59. The van der Waals surface area contributed by atoms with Gasteiger partial charge < -0.3 is 15.5 Å². The standard InChI is InChI=1S/C16H18ClN5O/c1-18-16(23)14-6-7-15(21-20-14)19-12-8-9-22(10-12)13-4-2-11(17)3-5-13/h2-7,12H,8-10H2,1H3,(H,18,23)(H,19,21)/t12-/m0/s1. The van der Waals surface area contributed by atoms with Crippen LogP contribution in [0.1, 0.15) is 16.9 Å². The van der Waals surface area contributed by atoms with E-state index in [0.29, 0.717) is 17.6 Å². The number of carbonyl (C=O) groups excluding carboxylic acids is 1. The lowest BCUT2D eigenvalue weighted by Gasteiger charge is -2.19. The molecular weight excluding hydrogens is 314 g/mol. The van der Waals surface area contributed by atoms with Crippen LogP contribution in [0.5, 0.6) is 0 Å². The van der Waals surface area contributed by atoms with Gasteiger partial charge in [-0.1, -0.05) is 11.6 Å². The van der Waals surface area contributed by atoms with Crippen molar-refractivity contribution in [2.45, 2.75) is 12.5 Å². The van der Waals surface area contributed by atoms with Gasteiger partial charge in [-0.3, -0.25) is 4.79 Å². The minimum absolute atomic E-state index is 0.237. The number of halogens is 1. The van der Waals surface area contributed by atoms with Crippen LogP contribution in [0.25, 0.3) is 0 Å². The molecule has 7 heteroatoms. The normalized spacial score (nSPS) is 17.1. The number of nitrogens with one attached hydrogen (secondary N) is 2. The Morgan fingerprint density at radius 1 is 1.22 bits per heavy atom. The molecule has 0 bridgehead atoms. The Morgan fingerprint density at radius 3 is 2.65 bits per heavy atom. The lowest BCUT2D eigenvalue weighted by Crippen LogP contribution is -2.26. The fraction of sp³-hybridized carbons (Fsp3) is 0.312. The zero-order valence-electron chi connectivity index (χ0n) is 12.8. The largest absolute Gasteiger partial charge is 0.369 e. The van der Waals surface area contributed by atoms with Crippen LogP contribution in [0.4, 0.5) is 11.5 Å². The van der Waals surface area contributed by atoms with Crippen LogP contribution in [-0.2, 0) is 0 Å². The van der Waals surface area contributed by atoms with Crippen molar-refractivity contribution in [3.63, 3.8) is 0 Å². The van der Waals surface area contributed by atoms with Gasteiger partial charge in [-0.05, 0) is 42.8 Å². The molecule has 2 N–H and O–H groups in total. The van der Waals surface area contributed by atoms with Gasteiger partial charge in [-0.25, -0.2) is 0 Å². The van der Waals surface area contributed by atoms with Crippen LogP contribution in [0.2, 0.25) is 5.02 Å². The van der Waals surface area contributed by atoms with E-state index in [1.54, 1.807) is 19.2 Å². The number of hydrogen-bond donors (Lipinski definition) is 2. The molecule has 3 rings (SSSR count). The summed E-state index contributed by atoms with van der Waals surface area (Å²) in [5, 5.41) is 14.6. The van der Waals surface area contributed by atoms with Crippen LogP contribution in [0.3, 0.4) is 0 Å². The first-order valence-corrected chi connectivity index (χ1v) is 7.86. The Bertz CT molecular complexity index is 674. The average Bonchev–Trinajstić information content (AvgIpc) is 3.04. The van der Waals surface area contributed by atoms with Crippen molar-refractivity contribution in [2.24, 2.45) is 0 Å². The SMILES string of the molecule is CNC(=O)c1ccc(N[C@H]2CCN(c3ccc(Cl)cc3)C2)nn1. The summed E-state index contributed by atoms with van der Waals surface area (Å²) < 4.78 is 0. The molecule has 1 fully saturated rings. The van der Waals surface area contributed by atoms with Crippen LogP contribution in [0.15, 0.2) is 36.4 Å². The highest BCUT2D eigenvalue weighted by Gasteiger charge is 2.23. The number of nitrogens with zero attached hydrogens (tertiary/aromatic N) is 3. The second-order valence-corrected chi connectivity index (χ2v) is 5.87. The molecule has 2 aromatic rings. The van der Waals surface area contributed by atoms with Gasteiger partial charge in [-0.2, -0.15) is 0 Å². The number of amides is 1. The predicted molar refractivity (Wildman–Crippen MR) is 91.1 cm³/mol. The third-order valence-corrected chi connectivity index (χ3v) is 4.11. The second kappa shape index (κ2) is 6.83. The van der Waals surface area contributed by atoms with Crippen molar-refractivity contribution in [3.05, 3.63) is 47.1 Å². The molecule has 0 saturated carbocycles. The molecule has 1 aromatic carbocycles. The topological polar surface area (TPSA) is 70.2 Å². The number of hydrogen-bond acceptors (Lipinski definition) is 5. The van der Waals surface area contributed by atoms with Crippen molar-refractivity contribution >= 4 is 29.0 Å². The minimum atomic E-state index is -0.237. The molecule has 2 heterocycles. The van der Waals surface area contributed by atoms with Gasteiger partial charge in [0, 0.05) is 36.9 Å². The van der Waals surface area contributed by atoms with Crippen molar-refractivity contribution in [1.82, 2.24) is 15.5 Å². The average molecular weight is 332 g/mol. The maximum absolute atomic E-state index is 11.4. The summed E-state index contributed by atoms with van der Waals surface area (Å²) >= 11 is 5.93. The first-order valence-electron chi connectivity index (χ1n) is 7.48. The number of rotatable bonds is 4. The maximum atomic E-state index is 11.4. The van der Waals surface area contributed by atoms with E-state index < -0.39 is 0 Å². The quantitative estimate of drug-likeness (QED) is 0.898. The zero-order chi connectivity index (χ0) is 16.2. The molecule has 1 amide bonds. The van der Waals surface area contributed by atoms with Gasteiger partial charge in [0.25, 0.3) is 5.91 Å². The zero-order valence-corrected chi connectivity index (χ0v) is 13.5. The molecular formula is C16H18ClN5O. The third kappa shape index (κ3) is 3.71. The van der Waals surface area contributed by atoms with Crippen LogP contribution in [-0.4, -0.2) is 42.3 Å². The van der Waals surface area contributed by atoms with E-state index in [9.17, 15) is 4.79 Å². The molecule has 0 aliphatic carbocycles. The lowest BCUT2D eigenvalue weighted by molar-refractivity contribution is 0.0957. The fourth-order valence-corrected chi connectivity index (χ4v) is 2.76. The second-order valence-electron chi connectivity index (χ2n) is 5.44. The van der Waals surface area contributed by atoms with Gasteiger partial charge in [0.15, 0.2) is 5.69 Å². The summed E-state index contributed by atoms with van der Waals surface area (Å²) in [4.78, 5) is 13.7. The summed E-state index contributed by atoms with van der Waals surface area (Å²) in [5.41, 5.74) is 1.48. The number of carbonyl (C=O) groups is 1. The van der Waals surface area contributed by atoms with E-state index in [1.165, 1.54) is 5.69 Å². The van der Waals surface area contributed by atoms with E-state index in [1.807, 2.05) is 24.3 Å². The van der Waals surface area contributed by atoms with E-state index in [4.69, 9.17) is 11.6 Å². The van der Waals surface area contributed by atoms with E-state index >= 15 is 0 Å². The summed E-state index contributed by atoms with van der Waals surface area (Å²) in [6.45, 7) is 1.86. The fourth-order valence-electron chi connectivity index (χ4n) is 2.63. The van der Waals surface area contributed by atoms with Crippen LogP contribution in [0, 0.1) is 0 Å². The molecule has 1 atom stereocenters. The van der Waals surface area contributed by atoms with E-state index in [-0.39, 0.29) is 5.91 Å². The first kappa shape index (κ1) is 15.6. The Labute approximate surface area is 139 Å². The predicted octanol–water partition coefficient (Wildman–Crippen LogP) is 2.18. The molecule has 0 spiro atoms. The summed E-state index contributed by atoms with van der Waals surface area (Å²) in [6.07, 6.45) is 1.02. The smallest absolute Gasteiger partial charge is 0.271 e. The first-order chi connectivity index (χ1) is 11.2. The molecule has 0 unspecified atom stereocenters. The lowest BCUT2D eigenvalue weighted by atomic mass is 10.2. The monoisotopic (exact) mass is 331 g/mol. The molecule has 6 nitrogen and oxygen atoms in total. The van der Waals surface area contributed by atoms with Crippen molar-refractivity contribution < 1.29 is 4.79 Å².